The quantitative estimate of drug-likeness (QED) is 0.263. The number of ether oxygens (including phenoxy) is 2. The summed E-state index contributed by atoms with van der Waals surface area (Å²) in [7, 11) is 1.63. The second kappa shape index (κ2) is 9.79. The van der Waals surface area contributed by atoms with Crippen molar-refractivity contribution in [1.82, 2.24) is 9.97 Å². The third kappa shape index (κ3) is 5.41. The molecule has 0 atom stereocenters. The van der Waals surface area contributed by atoms with Crippen LogP contribution in [0.5, 0.6) is 17.4 Å². The summed E-state index contributed by atoms with van der Waals surface area (Å²) in [4.78, 5) is 9.30. The third-order valence-corrected chi connectivity index (χ3v) is 5.38. The van der Waals surface area contributed by atoms with Crippen LogP contribution in [0.4, 0.5) is 0 Å². The van der Waals surface area contributed by atoms with Gasteiger partial charge in [-0.1, -0.05) is 54.2 Å². The highest BCUT2D eigenvalue weighted by Crippen LogP contribution is 2.29. The molecule has 152 valence electrons. The number of nitriles is 1. The van der Waals surface area contributed by atoms with E-state index in [0.29, 0.717) is 28.1 Å². The molecule has 0 saturated heterocycles. The lowest BCUT2D eigenvalue weighted by Gasteiger charge is -2.10. The third-order valence-electron chi connectivity index (χ3n) is 4.46. The van der Waals surface area contributed by atoms with Crippen molar-refractivity contribution in [1.29, 1.82) is 5.26 Å². The van der Waals surface area contributed by atoms with Crippen LogP contribution < -0.4 is 9.47 Å². The topological polar surface area (TPSA) is 68.0 Å². The van der Waals surface area contributed by atoms with Crippen molar-refractivity contribution in [3.63, 3.8) is 0 Å². The molecule has 0 bridgehead atoms. The zero-order valence-corrected chi connectivity index (χ0v) is 17.7. The normalized spacial score (nSPS) is 10.3. The summed E-state index contributed by atoms with van der Waals surface area (Å²) in [5.41, 5.74) is 3.45. The maximum Gasteiger partial charge on any atom is 0.223 e. The molecule has 1 aromatic heterocycles. The minimum Gasteiger partial charge on any atom is -0.497 e. The van der Waals surface area contributed by atoms with Gasteiger partial charge in [-0.3, -0.25) is 0 Å². The summed E-state index contributed by atoms with van der Waals surface area (Å²) < 4.78 is 11.2. The van der Waals surface area contributed by atoms with Crippen molar-refractivity contribution in [3.05, 3.63) is 96.1 Å². The van der Waals surface area contributed by atoms with Crippen LogP contribution in [0.25, 0.3) is 11.3 Å². The monoisotopic (exact) mass is 425 g/mol. The molecule has 4 aromatic rings. The number of benzene rings is 3. The second-order valence-corrected chi connectivity index (χ2v) is 7.56. The molecule has 0 N–H and O–H groups in total. The Labute approximate surface area is 185 Å². The molecule has 0 aliphatic carbocycles. The van der Waals surface area contributed by atoms with E-state index >= 15 is 0 Å². The molecule has 0 amide bonds. The molecule has 0 aliphatic heterocycles. The molecule has 0 aliphatic rings. The summed E-state index contributed by atoms with van der Waals surface area (Å²) in [6.45, 7) is 0. The highest BCUT2D eigenvalue weighted by Gasteiger charge is 2.10. The van der Waals surface area contributed by atoms with Crippen molar-refractivity contribution in [2.75, 3.05) is 7.11 Å². The van der Waals surface area contributed by atoms with E-state index in [4.69, 9.17) is 19.7 Å². The van der Waals surface area contributed by atoms with Crippen LogP contribution in [0.1, 0.15) is 11.1 Å². The van der Waals surface area contributed by atoms with Gasteiger partial charge in [0.1, 0.15) is 11.5 Å². The standard InChI is InChI=1S/C25H19N3O2S/c1-29-21-10-12-22(13-11-21)30-24-15-23(20-8-3-2-4-9-20)27-25(28-24)31-17-19-7-5-6-18(14-19)16-26/h2-15H,17H2,1H3. The molecule has 1 heterocycles. The van der Waals surface area contributed by atoms with Gasteiger partial charge in [0.25, 0.3) is 0 Å². The number of rotatable bonds is 7. The number of aromatic nitrogens is 2. The van der Waals surface area contributed by atoms with Crippen molar-refractivity contribution in [2.45, 2.75) is 10.9 Å². The number of methoxy groups -OCH3 is 1. The van der Waals surface area contributed by atoms with E-state index in [1.165, 1.54) is 11.8 Å². The molecule has 0 fully saturated rings. The minimum atomic E-state index is 0.465. The summed E-state index contributed by atoms with van der Waals surface area (Å²) in [5.74, 6) is 2.54. The van der Waals surface area contributed by atoms with Crippen molar-refractivity contribution >= 4 is 11.8 Å². The fraction of sp³-hybridized carbons (Fsp3) is 0.0800. The maximum atomic E-state index is 9.11. The summed E-state index contributed by atoms with van der Waals surface area (Å²) in [6.07, 6.45) is 0. The number of nitrogens with zero attached hydrogens (tertiary/aromatic N) is 3. The Morgan fingerprint density at radius 1 is 0.871 bits per heavy atom. The lowest BCUT2D eigenvalue weighted by Crippen LogP contribution is -1.96. The first-order valence-electron chi connectivity index (χ1n) is 9.62. The average molecular weight is 426 g/mol. The van der Waals surface area contributed by atoms with Crippen molar-refractivity contribution in [2.24, 2.45) is 0 Å². The van der Waals surface area contributed by atoms with Gasteiger partial charge >= 0.3 is 0 Å². The summed E-state index contributed by atoms with van der Waals surface area (Å²) in [5, 5.41) is 9.72. The van der Waals surface area contributed by atoms with E-state index < -0.39 is 0 Å². The zero-order valence-electron chi connectivity index (χ0n) is 16.9. The Hall–Kier alpha value is -3.82. The number of hydrogen-bond acceptors (Lipinski definition) is 6. The number of hydrogen-bond donors (Lipinski definition) is 0. The molecule has 0 spiro atoms. The van der Waals surface area contributed by atoms with Gasteiger partial charge in [-0.2, -0.15) is 10.2 Å². The fourth-order valence-electron chi connectivity index (χ4n) is 2.92. The van der Waals surface area contributed by atoms with Gasteiger partial charge in [0.15, 0.2) is 5.16 Å². The van der Waals surface area contributed by atoms with Crippen molar-refractivity contribution < 1.29 is 9.47 Å². The molecule has 3 aromatic carbocycles. The molecular formula is C25H19N3O2S. The van der Waals surface area contributed by atoms with Gasteiger partial charge < -0.3 is 9.47 Å². The van der Waals surface area contributed by atoms with Crippen LogP contribution in [0.2, 0.25) is 0 Å². The first-order chi connectivity index (χ1) is 15.2. The van der Waals surface area contributed by atoms with Gasteiger partial charge in [-0.05, 0) is 42.0 Å². The van der Waals surface area contributed by atoms with Crippen LogP contribution >= 0.6 is 11.8 Å². The molecule has 31 heavy (non-hydrogen) atoms. The van der Waals surface area contributed by atoms with Crippen LogP contribution in [0, 0.1) is 11.3 Å². The Kier molecular flexibility index (Phi) is 6.46. The van der Waals surface area contributed by atoms with E-state index in [0.717, 1.165) is 22.6 Å². The summed E-state index contributed by atoms with van der Waals surface area (Å²) in [6, 6.07) is 28.8. The van der Waals surface area contributed by atoms with Gasteiger partial charge in [0, 0.05) is 17.4 Å². The van der Waals surface area contributed by atoms with Crippen LogP contribution in [0.15, 0.2) is 90.1 Å². The molecule has 6 heteroatoms. The predicted molar refractivity (Wildman–Crippen MR) is 121 cm³/mol. The molecule has 4 rings (SSSR count). The average Bonchev–Trinajstić information content (AvgIpc) is 2.84. The van der Waals surface area contributed by atoms with Crippen LogP contribution in [-0.2, 0) is 5.75 Å². The Balaban J connectivity index is 1.61. The highest BCUT2D eigenvalue weighted by molar-refractivity contribution is 7.98. The van der Waals surface area contributed by atoms with Gasteiger partial charge in [-0.15, -0.1) is 0 Å². The van der Waals surface area contributed by atoms with Gasteiger partial charge in [0.2, 0.25) is 5.88 Å². The van der Waals surface area contributed by atoms with E-state index in [1.54, 1.807) is 13.2 Å². The molecule has 0 radical (unpaired) electrons. The van der Waals surface area contributed by atoms with Crippen molar-refractivity contribution in [3.8, 4) is 34.7 Å². The molecular weight excluding hydrogens is 406 g/mol. The lowest BCUT2D eigenvalue weighted by atomic mass is 10.1. The summed E-state index contributed by atoms with van der Waals surface area (Å²) >= 11 is 1.50. The van der Waals surface area contributed by atoms with Gasteiger partial charge in [-0.25, -0.2) is 4.98 Å². The Bertz CT molecular complexity index is 1210. The lowest BCUT2D eigenvalue weighted by molar-refractivity contribution is 0.412. The zero-order chi connectivity index (χ0) is 21.5. The first-order valence-corrected chi connectivity index (χ1v) is 10.6. The Morgan fingerprint density at radius 3 is 2.39 bits per heavy atom. The van der Waals surface area contributed by atoms with Crippen LogP contribution in [0.3, 0.4) is 0 Å². The number of thioether (sulfide) groups is 1. The fourth-order valence-corrected chi connectivity index (χ4v) is 3.71. The smallest absolute Gasteiger partial charge is 0.223 e. The largest absolute Gasteiger partial charge is 0.497 e. The molecule has 0 unspecified atom stereocenters. The Morgan fingerprint density at radius 2 is 1.65 bits per heavy atom. The van der Waals surface area contributed by atoms with Gasteiger partial charge in [0.05, 0.1) is 24.4 Å². The van der Waals surface area contributed by atoms with E-state index in [9.17, 15) is 0 Å². The predicted octanol–water partition coefficient (Wildman–Crippen LogP) is 6.11. The van der Waals surface area contributed by atoms with E-state index in [1.807, 2.05) is 78.9 Å². The maximum absolute atomic E-state index is 9.11. The van der Waals surface area contributed by atoms with E-state index in [-0.39, 0.29) is 0 Å². The minimum absolute atomic E-state index is 0.465. The van der Waals surface area contributed by atoms with E-state index in [2.05, 4.69) is 11.1 Å². The second-order valence-electron chi connectivity index (χ2n) is 6.62. The molecule has 0 saturated carbocycles. The SMILES string of the molecule is COc1ccc(Oc2cc(-c3ccccc3)nc(SCc3cccc(C#N)c3)n2)cc1. The molecule has 5 nitrogen and oxygen atoms in total. The first kappa shape index (κ1) is 20.5. The van der Waals surface area contributed by atoms with Crippen LogP contribution in [-0.4, -0.2) is 17.1 Å². The highest BCUT2D eigenvalue weighted by atomic mass is 32.2.